The van der Waals surface area contributed by atoms with Gasteiger partial charge < -0.3 is 15.0 Å². The van der Waals surface area contributed by atoms with Crippen LogP contribution in [0.4, 0.5) is 10.5 Å². The highest BCUT2D eigenvalue weighted by Crippen LogP contribution is 2.17. The van der Waals surface area contributed by atoms with Crippen LogP contribution in [0, 0.1) is 0 Å². The van der Waals surface area contributed by atoms with Gasteiger partial charge in [-0.1, -0.05) is 30.8 Å². The van der Waals surface area contributed by atoms with Crippen molar-refractivity contribution in [1.82, 2.24) is 4.90 Å². The molecule has 1 heterocycles. The molecule has 1 N–H and O–H groups in total. The lowest BCUT2D eigenvalue weighted by Gasteiger charge is -2.17. The first kappa shape index (κ1) is 17.3. The largest absolute Gasteiger partial charge is 0.451 e. The number of esters is 1. The summed E-state index contributed by atoms with van der Waals surface area (Å²) in [5.41, 5.74) is 1.83. The number of aryl methyl sites for hydroxylation is 1. The van der Waals surface area contributed by atoms with Gasteiger partial charge in [-0.2, -0.15) is 0 Å². The second kappa shape index (κ2) is 8.01. The van der Waals surface area contributed by atoms with Gasteiger partial charge in [-0.3, -0.25) is 14.4 Å². The lowest BCUT2D eigenvalue weighted by molar-refractivity contribution is -0.153. The van der Waals surface area contributed by atoms with Gasteiger partial charge in [0.15, 0.2) is 6.10 Å². The van der Waals surface area contributed by atoms with Crippen LogP contribution in [0.3, 0.4) is 0 Å². The molecule has 0 saturated carbocycles. The zero-order valence-corrected chi connectivity index (χ0v) is 14.0. The van der Waals surface area contributed by atoms with Crippen LogP contribution in [0.2, 0.25) is 0 Å². The summed E-state index contributed by atoms with van der Waals surface area (Å²) in [7, 11) is 0. The van der Waals surface area contributed by atoms with Crippen molar-refractivity contribution >= 4 is 34.6 Å². The number of rotatable bonds is 6. The van der Waals surface area contributed by atoms with E-state index in [9.17, 15) is 14.4 Å². The van der Waals surface area contributed by atoms with E-state index in [1.807, 2.05) is 24.3 Å². The lowest BCUT2D eigenvalue weighted by atomic mass is 10.1. The highest BCUT2D eigenvalue weighted by atomic mass is 32.2. The van der Waals surface area contributed by atoms with Crippen LogP contribution in [0.1, 0.15) is 19.4 Å². The van der Waals surface area contributed by atoms with Crippen molar-refractivity contribution in [2.75, 3.05) is 24.2 Å². The Balaban J connectivity index is 1.81. The highest BCUT2D eigenvalue weighted by molar-refractivity contribution is 8.13. The van der Waals surface area contributed by atoms with E-state index < -0.39 is 18.0 Å². The molecule has 0 radical (unpaired) electrons. The zero-order valence-electron chi connectivity index (χ0n) is 13.2. The lowest BCUT2D eigenvalue weighted by Crippen LogP contribution is -2.36. The Kier molecular flexibility index (Phi) is 6.04. The van der Waals surface area contributed by atoms with Crippen LogP contribution < -0.4 is 5.32 Å². The van der Waals surface area contributed by atoms with Crippen molar-refractivity contribution < 1.29 is 19.1 Å². The maximum Gasteiger partial charge on any atom is 0.326 e. The summed E-state index contributed by atoms with van der Waals surface area (Å²) >= 11 is 1.18. The number of ether oxygens (including phenoxy) is 1. The minimum absolute atomic E-state index is 0.116. The van der Waals surface area contributed by atoms with Crippen molar-refractivity contribution in [2.45, 2.75) is 26.4 Å². The monoisotopic (exact) mass is 336 g/mol. The minimum Gasteiger partial charge on any atom is -0.451 e. The van der Waals surface area contributed by atoms with Gasteiger partial charge in [0, 0.05) is 18.0 Å². The first-order valence-electron chi connectivity index (χ1n) is 7.50. The van der Waals surface area contributed by atoms with E-state index in [-0.39, 0.29) is 11.8 Å². The number of hydrogen-bond donors (Lipinski definition) is 1. The molecule has 7 heteroatoms. The molecule has 0 spiro atoms. The Morgan fingerprint density at radius 1 is 1.35 bits per heavy atom. The van der Waals surface area contributed by atoms with E-state index in [0.29, 0.717) is 18.0 Å². The van der Waals surface area contributed by atoms with Crippen LogP contribution in [-0.4, -0.2) is 47.0 Å². The molecule has 1 aliphatic heterocycles. The Labute approximate surface area is 139 Å². The maximum atomic E-state index is 12.0. The summed E-state index contributed by atoms with van der Waals surface area (Å²) in [6.07, 6.45) is 0.00848. The number of nitrogens with zero attached hydrogens (tertiary/aromatic N) is 1. The van der Waals surface area contributed by atoms with Gasteiger partial charge in [0.2, 0.25) is 0 Å². The fourth-order valence-corrected chi connectivity index (χ4v) is 2.91. The van der Waals surface area contributed by atoms with Gasteiger partial charge in [0.05, 0.1) is 0 Å². The van der Waals surface area contributed by atoms with Gasteiger partial charge in [-0.15, -0.1) is 0 Å². The van der Waals surface area contributed by atoms with Crippen molar-refractivity contribution in [2.24, 2.45) is 0 Å². The Bertz CT molecular complexity index is 588. The predicted octanol–water partition coefficient (Wildman–Crippen LogP) is 2.29. The van der Waals surface area contributed by atoms with Crippen molar-refractivity contribution in [1.29, 1.82) is 0 Å². The molecule has 2 amide bonds. The molecule has 1 aromatic rings. The van der Waals surface area contributed by atoms with Crippen molar-refractivity contribution in [3.8, 4) is 0 Å². The molecule has 0 aromatic heterocycles. The highest BCUT2D eigenvalue weighted by Gasteiger charge is 2.26. The van der Waals surface area contributed by atoms with Crippen molar-refractivity contribution in [3.63, 3.8) is 0 Å². The Morgan fingerprint density at radius 3 is 2.61 bits per heavy atom. The molecule has 1 fully saturated rings. The molecule has 1 atom stereocenters. The van der Waals surface area contributed by atoms with Crippen LogP contribution in [-0.2, 0) is 20.7 Å². The summed E-state index contributed by atoms with van der Waals surface area (Å²) in [5.74, 6) is -0.301. The number of nitrogens with one attached hydrogen (secondary N) is 1. The number of anilines is 1. The van der Waals surface area contributed by atoms with Gasteiger partial charge >= 0.3 is 5.97 Å². The summed E-state index contributed by atoms with van der Waals surface area (Å²) in [6.45, 7) is 3.98. The van der Waals surface area contributed by atoms with E-state index in [2.05, 4.69) is 12.2 Å². The summed E-state index contributed by atoms with van der Waals surface area (Å²) < 4.78 is 5.09. The average molecular weight is 336 g/mol. The smallest absolute Gasteiger partial charge is 0.326 e. The maximum absolute atomic E-state index is 12.0. The Hall–Kier alpha value is -2.02. The molecule has 1 aliphatic rings. The molecule has 23 heavy (non-hydrogen) atoms. The molecule has 0 bridgehead atoms. The third kappa shape index (κ3) is 4.99. The second-order valence-corrected chi connectivity index (χ2v) is 6.25. The topological polar surface area (TPSA) is 75.7 Å². The number of hydrogen-bond acceptors (Lipinski definition) is 5. The standard InChI is InChI=1S/C16H20N2O4S/c1-3-12-4-6-13(7-5-12)17-15(20)11(2)22-14(19)10-18-8-9-23-16(18)21/h4-7,11H,3,8-10H2,1-2H3,(H,17,20)/t11-/m1/s1. The minimum atomic E-state index is -0.918. The molecule has 6 nitrogen and oxygen atoms in total. The summed E-state index contributed by atoms with van der Waals surface area (Å²) in [5, 5.41) is 2.57. The normalized spacial score (nSPS) is 15.4. The molecule has 124 valence electrons. The first-order valence-corrected chi connectivity index (χ1v) is 8.49. The zero-order chi connectivity index (χ0) is 16.8. The fraction of sp³-hybridized carbons (Fsp3) is 0.438. The number of amides is 2. The molecular formula is C16H20N2O4S. The van der Waals surface area contributed by atoms with E-state index in [1.54, 1.807) is 0 Å². The van der Waals surface area contributed by atoms with Crippen LogP contribution in [0.15, 0.2) is 24.3 Å². The third-order valence-electron chi connectivity index (χ3n) is 3.47. The quantitative estimate of drug-likeness (QED) is 0.807. The summed E-state index contributed by atoms with van der Waals surface area (Å²) in [4.78, 5) is 36.7. The second-order valence-electron chi connectivity index (χ2n) is 5.21. The van der Waals surface area contributed by atoms with E-state index in [0.717, 1.165) is 6.42 Å². The number of benzene rings is 1. The molecule has 1 saturated heterocycles. The van der Waals surface area contributed by atoms with E-state index in [1.165, 1.54) is 29.1 Å². The molecule has 0 aliphatic carbocycles. The predicted molar refractivity (Wildman–Crippen MR) is 89.4 cm³/mol. The van der Waals surface area contributed by atoms with Gasteiger partial charge in [-0.25, -0.2) is 0 Å². The number of carbonyl (C=O) groups is 3. The van der Waals surface area contributed by atoms with Gasteiger partial charge in [-0.05, 0) is 31.0 Å². The Morgan fingerprint density at radius 2 is 2.04 bits per heavy atom. The SMILES string of the molecule is CCc1ccc(NC(=O)[C@@H](C)OC(=O)CN2CCSC2=O)cc1. The number of thioether (sulfide) groups is 1. The van der Waals surface area contributed by atoms with Crippen LogP contribution >= 0.6 is 11.8 Å². The van der Waals surface area contributed by atoms with Crippen LogP contribution in [0.25, 0.3) is 0 Å². The first-order chi connectivity index (χ1) is 11.0. The fourth-order valence-electron chi connectivity index (χ4n) is 2.08. The van der Waals surface area contributed by atoms with Crippen LogP contribution in [0.5, 0.6) is 0 Å². The summed E-state index contributed by atoms with van der Waals surface area (Å²) in [6, 6.07) is 7.49. The van der Waals surface area contributed by atoms with Gasteiger partial charge in [0.1, 0.15) is 6.54 Å². The van der Waals surface area contributed by atoms with E-state index in [4.69, 9.17) is 4.74 Å². The van der Waals surface area contributed by atoms with E-state index >= 15 is 0 Å². The molecule has 0 unspecified atom stereocenters. The van der Waals surface area contributed by atoms with Gasteiger partial charge in [0.25, 0.3) is 11.1 Å². The number of carbonyl (C=O) groups excluding carboxylic acids is 3. The third-order valence-corrected chi connectivity index (χ3v) is 4.36. The molecule has 1 aromatic carbocycles. The molecular weight excluding hydrogens is 316 g/mol. The van der Waals surface area contributed by atoms with Crippen molar-refractivity contribution in [3.05, 3.63) is 29.8 Å². The molecule has 2 rings (SSSR count). The average Bonchev–Trinajstić information content (AvgIpc) is 2.93.